The summed E-state index contributed by atoms with van der Waals surface area (Å²) >= 11 is 0. The van der Waals surface area contributed by atoms with Crippen LogP contribution in [0.1, 0.15) is 47.6 Å². The molecule has 4 rings (SSSR count). The van der Waals surface area contributed by atoms with Crippen molar-refractivity contribution in [3.05, 3.63) is 71.5 Å². The van der Waals surface area contributed by atoms with Gasteiger partial charge in [-0.3, -0.25) is 9.69 Å². The van der Waals surface area contributed by atoms with Crippen LogP contribution in [0.25, 0.3) is 0 Å². The fourth-order valence-electron chi connectivity index (χ4n) is 5.14. The van der Waals surface area contributed by atoms with Crippen LogP contribution in [-0.4, -0.2) is 42.6 Å². The van der Waals surface area contributed by atoms with Gasteiger partial charge in [0.25, 0.3) is 5.91 Å². The van der Waals surface area contributed by atoms with Crippen LogP contribution in [0.15, 0.2) is 54.6 Å². The number of nitrogens with zero attached hydrogens (tertiary/aromatic N) is 1. The molecule has 28 heavy (non-hydrogen) atoms. The van der Waals surface area contributed by atoms with Crippen LogP contribution in [0.2, 0.25) is 0 Å². The lowest BCUT2D eigenvalue weighted by Crippen LogP contribution is -2.53. The third kappa shape index (κ3) is 3.33. The van der Waals surface area contributed by atoms with Crippen LogP contribution in [0.3, 0.4) is 0 Å². The summed E-state index contributed by atoms with van der Waals surface area (Å²) in [5.74, 6) is -0.848. The Labute approximate surface area is 165 Å². The van der Waals surface area contributed by atoms with Gasteiger partial charge in [-0.1, -0.05) is 42.5 Å². The highest BCUT2D eigenvalue weighted by atomic mass is 19.1. The molecule has 148 valence electrons. The summed E-state index contributed by atoms with van der Waals surface area (Å²) in [4.78, 5) is 15.5. The van der Waals surface area contributed by atoms with Crippen molar-refractivity contribution in [1.29, 1.82) is 0 Å². The minimum Gasteiger partial charge on any atom is -0.383 e. The van der Waals surface area contributed by atoms with Crippen LogP contribution >= 0.6 is 0 Å². The summed E-state index contributed by atoms with van der Waals surface area (Å²) in [5, 5.41) is 3.20. The first-order valence-corrected chi connectivity index (χ1v) is 10.0. The number of rotatable bonds is 7. The second kappa shape index (κ2) is 8.02. The van der Waals surface area contributed by atoms with Gasteiger partial charge in [0.2, 0.25) is 0 Å². The second-order valence-electron chi connectivity index (χ2n) is 7.82. The van der Waals surface area contributed by atoms with Crippen molar-refractivity contribution >= 4 is 5.91 Å². The van der Waals surface area contributed by atoms with Gasteiger partial charge in [0.05, 0.1) is 18.2 Å². The Morgan fingerprint density at radius 2 is 1.86 bits per heavy atom. The second-order valence-corrected chi connectivity index (χ2v) is 7.82. The number of ether oxygens (including phenoxy) is 1. The van der Waals surface area contributed by atoms with Gasteiger partial charge in [0.1, 0.15) is 5.82 Å². The molecule has 2 aliphatic heterocycles. The maximum Gasteiger partial charge on any atom is 0.254 e. The molecule has 2 saturated heterocycles. The molecule has 0 spiro atoms. The Hall–Kier alpha value is -2.24. The molecule has 0 saturated carbocycles. The number of methoxy groups -OCH3 is 1. The van der Waals surface area contributed by atoms with Crippen molar-refractivity contribution in [2.24, 2.45) is 0 Å². The number of nitrogens with one attached hydrogen (secondary N) is 1. The zero-order chi connectivity index (χ0) is 19.6. The Bertz CT molecular complexity index is 818. The number of fused-ring (bicyclic) bond motifs is 2. The van der Waals surface area contributed by atoms with E-state index < -0.39 is 5.82 Å². The Balaban J connectivity index is 1.69. The van der Waals surface area contributed by atoms with Crippen molar-refractivity contribution in [1.82, 2.24) is 10.2 Å². The van der Waals surface area contributed by atoms with E-state index in [4.69, 9.17) is 4.74 Å². The average molecular weight is 382 g/mol. The number of amides is 1. The van der Waals surface area contributed by atoms with E-state index in [-0.39, 0.29) is 23.1 Å². The maximum absolute atomic E-state index is 14.2. The number of halogens is 1. The number of hydrogen-bond donors (Lipinski definition) is 1. The van der Waals surface area contributed by atoms with Gasteiger partial charge >= 0.3 is 0 Å². The molecule has 4 nitrogen and oxygen atoms in total. The lowest BCUT2D eigenvalue weighted by molar-refractivity contribution is 0.0636. The highest BCUT2D eigenvalue weighted by Gasteiger charge is 2.56. The third-order valence-corrected chi connectivity index (χ3v) is 6.43. The van der Waals surface area contributed by atoms with E-state index in [0.29, 0.717) is 12.6 Å². The molecular formula is C23H27FN2O2. The van der Waals surface area contributed by atoms with Crippen molar-refractivity contribution in [2.45, 2.75) is 43.3 Å². The van der Waals surface area contributed by atoms with Crippen LogP contribution in [0.4, 0.5) is 4.39 Å². The third-order valence-electron chi connectivity index (χ3n) is 6.43. The first kappa shape index (κ1) is 19.1. The van der Waals surface area contributed by atoms with E-state index >= 15 is 0 Å². The fourth-order valence-corrected chi connectivity index (χ4v) is 5.14. The molecule has 2 heterocycles. The van der Waals surface area contributed by atoms with Crippen LogP contribution in [0.5, 0.6) is 0 Å². The molecule has 1 N–H and O–H groups in total. The first-order chi connectivity index (χ1) is 13.7. The zero-order valence-electron chi connectivity index (χ0n) is 16.2. The van der Waals surface area contributed by atoms with E-state index in [1.165, 1.54) is 6.07 Å². The smallest absolute Gasteiger partial charge is 0.254 e. The van der Waals surface area contributed by atoms with Crippen molar-refractivity contribution in [3.63, 3.8) is 0 Å². The van der Waals surface area contributed by atoms with Crippen molar-refractivity contribution in [2.75, 3.05) is 20.3 Å². The molecule has 0 aromatic heterocycles. The van der Waals surface area contributed by atoms with E-state index in [2.05, 4.69) is 22.3 Å². The molecular weight excluding hydrogens is 355 g/mol. The molecule has 2 fully saturated rings. The van der Waals surface area contributed by atoms with Crippen LogP contribution in [-0.2, 0) is 4.74 Å². The zero-order valence-corrected chi connectivity index (χ0v) is 16.2. The highest BCUT2D eigenvalue weighted by Crippen LogP contribution is 2.52. The highest BCUT2D eigenvalue weighted by molar-refractivity contribution is 5.94. The lowest BCUT2D eigenvalue weighted by Gasteiger charge is -2.42. The van der Waals surface area contributed by atoms with Gasteiger partial charge in [0, 0.05) is 25.2 Å². The number of hydrogen-bond acceptors (Lipinski definition) is 3. The quantitative estimate of drug-likeness (QED) is 0.789. The van der Waals surface area contributed by atoms with Gasteiger partial charge in [-0.15, -0.1) is 0 Å². The van der Waals surface area contributed by atoms with E-state index in [0.717, 1.165) is 37.8 Å². The summed E-state index contributed by atoms with van der Waals surface area (Å²) in [6, 6.07) is 16.6. The van der Waals surface area contributed by atoms with Crippen molar-refractivity contribution < 1.29 is 13.9 Å². The van der Waals surface area contributed by atoms with E-state index in [9.17, 15) is 9.18 Å². The molecule has 0 aliphatic carbocycles. The molecule has 2 bridgehead atoms. The minimum atomic E-state index is -0.490. The monoisotopic (exact) mass is 382 g/mol. The van der Waals surface area contributed by atoms with Crippen molar-refractivity contribution in [3.8, 4) is 0 Å². The molecule has 1 atom stereocenters. The van der Waals surface area contributed by atoms with Crippen LogP contribution < -0.4 is 5.32 Å². The largest absolute Gasteiger partial charge is 0.383 e. The molecule has 5 heteroatoms. The fraction of sp³-hybridized carbons (Fsp3) is 0.435. The SMILES string of the molecule is COCCN1C2CCC1([C@H](NC(=O)c1ccccc1F)c1ccccc1)CC2. The topological polar surface area (TPSA) is 41.6 Å². The van der Waals surface area contributed by atoms with E-state index in [1.54, 1.807) is 25.3 Å². The average Bonchev–Trinajstić information content (AvgIpc) is 3.26. The normalized spacial score (nSPS) is 25.0. The predicted octanol–water partition coefficient (Wildman–Crippen LogP) is 3.94. The first-order valence-electron chi connectivity index (χ1n) is 10.0. The summed E-state index contributed by atoms with van der Waals surface area (Å²) in [5.41, 5.74) is 1.01. The summed E-state index contributed by atoms with van der Waals surface area (Å²) in [7, 11) is 1.72. The van der Waals surface area contributed by atoms with E-state index in [1.807, 2.05) is 18.2 Å². The summed E-state index contributed by atoms with van der Waals surface area (Å²) in [6.45, 7) is 1.51. The molecule has 2 aromatic carbocycles. The molecule has 0 unspecified atom stereocenters. The minimum absolute atomic E-state index is 0.0933. The Morgan fingerprint density at radius 1 is 1.18 bits per heavy atom. The standard InChI is InChI=1S/C23H27FN2O2/c1-28-16-15-26-18-11-13-23(26,14-12-18)21(17-7-3-2-4-8-17)25-22(27)19-9-5-6-10-20(19)24/h2-10,18,21H,11-16H2,1H3,(H,25,27)/t18?,21-,23?/m1/s1. The van der Waals surface area contributed by atoms with Gasteiger partial charge in [-0.25, -0.2) is 4.39 Å². The lowest BCUT2D eigenvalue weighted by atomic mass is 9.78. The maximum atomic E-state index is 14.2. The Morgan fingerprint density at radius 3 is 2.54 bits per heavy atom. The Kier molecular flexibility index (Phi) is 5.47. The summed E-state index contributed by atoms with van der Waals surface area (Å²) in [6.07, 6.45) is 4.31. The molecule has 0 radical (unpaired) electrons. The van der Waals surface area contributed by atoms with Gasteiger partial charge in [0.15, 0.2) is 0 Å². The number of carbonyl (C=O) groups excluding carboxylic acids is 1. The van der Waals surface area contributed by atoms with Gasteiger partial charge in [-0.05, 0) is 43.4 Å². The van der Waals surface area contributed by atoms with Gasteiger partial charge < -0.3 is 10.1 Å². The molecule has 1 amide bonds. The van der Waals surface area contributed by atoms with Crippen LogP contribution in [0, 0.1) is 5.82 Å². The number of carbonyl (C=O) groups is 1. The summed E-state index contributed by atoms with van der Waals surface area (Å²) < 4.78 is 19.6. The van der Waals surface area contributed by atoms with Gasteiger partial charge in [-0.2, -0.15) is 0 Å². The number of benzene rings is 2. The predicted molar refractivity (Wildman–Crippen MR) is 107 cm³/mol. The molecule has 2 aromatic rings. The molecule has 2 aliphatic rings.